The average molecular weight is 586 g/mol. The molecular formula is C16H6Br2ClF7N2O2. The van der Waals surface area contributed by atoms with E-state index < -0.39 is 38.4 Å². The summed E-state index contributed by atoms with van der Waals surface area (Å²) in [7, 11) is 0. The second kappa shape index (κ2) is 8.42. The zero-order valence-electron chi connectivity index (χ0n) is 13.9. The molecular weight excluding hydrogens is 580 g/mol. The van der Waals surface area contributed by atoms with Crippen molar-refractivity contribution in [1.82, 2.24) is 0 Å². The van der Waals surface area contributed by atoms with Gasteiger partial charge in [0.05, 0.1) is 16.3 Å². The van der Waals surface area contributed by atoms with Crippen LogP contribution in [0.3, 0.4) is 0 Å². The number of hydrogen-bond donors (Lipinski definition) is 1. The summed E-state index contributed by atoms with van der Waals surface area (Å²) in [4.78, 5) is 23.1. The lowest BCUT2D eigenvalue weighted by molar-refractivity contribution is -0.348. The van der Waals surface area contributed by atoms with Gasteiger partial charge >= 0.3 is 18.0 Å². The molecule has 0 heterocycles. The number of nitrogens with one attached hydrogen (secondary N) is 1. The zero-order valence-corrected chi connectivity index (χ0v) is 17.9. The Bertz CT molecular complexity index is 975. The van der Waals surface area contributed by atoms with Crippen molar-refractivity contribution >= 4 is 60.7 Å². The van der Waals surface area contributed by atoms with Crippen LogP contribution in [0.15, 0.2) is 44.5 Å². The van der Waals surface area contributed by atoms with Crippen molar-refractivity contribution in [2.75, 3.05) is 5.32 Å². The molecule has 2 aromatic carbocycles. The number of nitroso groups, excluding NO2 is 1. The molecule has 14 heteroatoms. The number of carbonyl (C=O) groups is 1. The van der Waals surface area contributed by atoms with Gasteiger partial charge in [0.25, 0.3) is 5.91 Å². The first-order chi connectivity index (χ1) is 13.6. The number of halogens is 10. The molecule has 0 saturated carbocycles. The summed E-state index contributed by atoms with van der Waals surface area (Å²) in [5, 5.41) is 4.47. The second-order valence-corrected chi connectivity index (χ2v) is 7.74. The Kier molecular flexibility index (Phi) is 6.89. The van der Waals surface area contributed by atoms with Crippen LogP contribution in [0.25, 0.3) is 0 Å². The molecule has 0 fully saturated rings. The lowest BCUT2D eigenvalue weighted by Gasteiger charge is -2.31. The maximum Gasteiger partial charge on any atom is 0.435 e. The maximum absolute atomic E-state index is 14.3. The van der Waals surface area contributed by atoms with E-state index in [0.717, 1.165) is 0 Å². The summed E-state index contributed by atoms with van der Waals surface area (Å²) in [5.74, 6) is -0.960. The fourth-order valence-electron chi connectivity index (χ4n) is 2.33. The number of anilines is 1. The number of alkyl halides is 7. The Labute approximate surface area is 185 Å². The van der Waals surface area contributed by atoms with Gasteiger partial charge in [0.15, 0.2) is 0 Å². The van der Waals surface area contributed by atoms with E-state index in [1.807, 2.05) is 0 Å². The summed E-state index contributed by atoms with van der Waals surface area (Å²) < 4.78 is 91.0. The minimum absolute atomic E-state index is 0.242. The van der Waals surface area contributed by atoms with Gasteiger partial charge < -0.3 is 5.32 Å². The second-order valence-electron chi connectivity index (χ2n) is 5.65. The number of amides is 1. The number of nitrogens with zero attached hydrogens (tertiary/aromatic N) is 1. The van der Waals surface area contributed by atoms with Crippen molar-refractivity contribution in [3.8, 4) is 0 Å². The summed E-state index contributed by atoms with van der Waals surface area (Å²) in [6, 6.07) is 4.16. The van der Waals surface area contributed by atoms with Crippen LogP contribution in [0.5, 0.6) is 0 Å². The van der Waals surface area contributed by atoms with Gasteiger partial charge in [0.1, 0.15) is 5.69 Å². The standard InChI is InChI=1S/C16H6Br2ClF7N2O2/c17-8-4-6(14(20,15(21,22)23)16(24,25)26)5-9(18)12(8)27-13(29)7-2-1-3-10(28-30)11(7)19/h1-5H,(H,27,29). The Morgan fingerprint density at radius 2 is 1.47 bits per heavy atom. The average Bonchev–Trinajstić information content (AvgIpc) is 2.61. The van der Waals surface area contributed by atoms with E-state index in [1.165, 1.54) is 18.2 Å². The van der Waals surface area contributed by atoms with Crippen LogP contribution < -0.4 is 5.32 Å². The normalized spacial score (nSPS) is 12.6. The molecule has 2 rings (SSSR count). The van der Waals surface area contributed by atoms with Crippen LogP contribution in [0.2, 0.25) is 5.02 Å². The van der Waals surface area contributed by atoms with E-state index in [1.54, 1.807) is 0 Å². The van der Waals surface area contributed by atoms with Crippen molar-refractivity contribution in [2.45, 2.75) is 18.0 Å². The van der Waals surface area contributed by atoms with Crippen LogP contribution in [0, 0.1) is 4.91 Å². The highest BCUT2D eigenvalue weighted by atomic mass is 79.9. The van der Waals surface area contributed by atoms with Gasteiger partial charge in [-0.3, -0.25) is 4.79 Å². The summed E-state index contributed by atoms with van der Waals surface area (Å²) in [6.45, 7) is 0. The van der Waals surface area contributed by atoms with E-state index in [2.05, 4.69) is 42.4 Å². The van der Waals surface area contributed by atoms with Gasteiger partial charge in [0.2, 0.25) is 0 Å². The van der Waals surface area contributed by atoms with Gasteiger partial charge in [-0.25, -0.2) is 4.39 Å². The minimum atomic E-state index is -6.30. The third-order valence-electron chi connectivity index (χ3n) is 3.78. The van der Waals surface area contributed by atoms with Crippen LogP contribution in [-0.4, -0.2) is 18.3 Å². The third-order valence-corrected chi connectivity index (χ3v) is 5.43. The fourth-order valence-corrected chi connectivity index (χ4v) is 3.96. The van der Waals surface area contributed by atoms with E-state index >= 15 is 0 Å². The van der Waals surface area contributed by atoms with E-state index in [0.29, 0.717) is 0 Å². The smallest absolute Gasteiger partial charge is 0.320 e. The zero-order chi connectivity index (χ0) is 23.1. The molecule has 0 unspecified atom stereocenters. The van der Waals surface area contributed by atoms with Gasteiger partial charge in [-0.15, -0.1) is 4.91 Å². The first kappa shape index (κ1) is 24.5. The largest absolute Gasteiger partial charge is 0.435 e. The van der Waals surface area contributed by atoms with Gasteiger partial charge in [-0.05, 0) is 61.3 Å². The molecule has 4 nitrogen and oxygen atoms in total. The van der Waals surface area contributed by atoms with Crippen molar-refractivity contribution in [3.63, 3.8) is 0 Å². The van der Waals surface area contributed by atoms with Crippen molar-refractivity contribution in [3.05, 3.63) is 60.3 Å². The fraction of sp³-hybridized carbons (Fsp3) is 0.188. The molecule has 0 bridgehead atoms. The van der Waals surface area contributed by atoms with E-state index in [-0.39, 0.29) is 34.1 Å². The Morgan fingerprint density at radius 1 is 0.967 bits per heavy atom. The minimum Gasteiger partial charge on any atom is -0.320 e. The molecule has 162 valence electrons. The monoisotopic (exact) mass is 584 g/mol. The molecule has 0 spiro atoms. The third kappa shape index (κ3) is 4.33. The Hall–Kier alpha value is -1.73. The van der Waals surface area contributed by atoms with Gasteiger partial charge in [-0.1, -0.05) is 17.7 Å². The molecule has 0 aliphatic heterocycles. The molecule has 0 saturated heterocycles. The number of hydrogen-bond acceptors (Lipinski definition) is 3. The summed E-state index contributed by atoms with van der Waals surface area (Å²) in [5.41, 5.74) is -8.24. The van der Waals surface area contributed by atoms with Gasteiger partial charge in [-0.2, -0.15) is 26.3 Å². The topological polar surface area (TPSA) is 58.5 Å². The molecule has 0 aromatic heterocycles. The lowest BCUT2D eigenvalue weighted by atomic mass is 9.94. The molecule has 0 aliphatic rings. The Balaban J connectivity index is 2.52. The van der Waals surface area contributed by atoms with Gasteiger partial charge in [0, 0.05) is 14.5 Å². The summed E-state index contributed by atoms with van der Waals surface area (Å²) in [6.07, 6.45) is -12.6. The van der Waals surface area contributed by atoms with E-state index in [9.17, 15) is 40.4 Å². The molecule has 0 radical (unpaired) electrons. The first-order valence-corrected chi connectivity index (χ1v) is 9.36. The van der Waals surface area contributed by atoms with Crippen molar-refractivity contribution in [2.24, 2.45) is 5.18 Å². The SMILES string of the molecule is O=Nc1cccc(C(=O)Nc2c(Br)cc(C(F)(C(F)(F)F)C(F)(F)F)cc2Br)c1Cl. The molecule has 1 N–H and O–H groups in total. The predicted molar refractivity (Wildman–Crippen MR) is 102 cm³/mol. The highest BCUT2D eigenvalue weighted by molar-refractivity contribution is 9.11. The maximum atomic E-state index is 14.3. The van der Waals surface area contributed by atoms with Crippen LogP contribution in [-0.2, 0) is 5.67 Å². The number of rotatable bonds is 4. The molecule has 0 atom stereocenters. The molecule has 0 aliphatic carbocycles. The summed E-state index contributed by atoms with van der Waals surface area (Å²) >= 11 is 11.3. The first-order valence-electron chi connectivity index (χ1n) is 7.40. The highest BCUT2D eigenvalue weighted by Crippen LogP contribution is 2.54. The quantitative estimate of drug-likeness (QED) is 0.294. The van der Waals surface area contributed by atoms with Crippen LogP contribution in [0.4, 0.5) is 42.1 Å². The predicted octanol–water partition coefficient (Wildman–Crippen LogP) is 7.80. The van der Waals surface area contributed by atoms with Crippen molar-refractivity contribution in [1.29, 1.82) is 0 Å². The Morgan fingerprint density at radius 3 is 1.90 bits per heavy atom. The lowest BCUT2D eigenvalue weighted by Crippen LogP contribution is -2.50. The van der Waals surface area contributed by atoms with Crippen molar-refractivity contribution < 1.29 is 35.5 Å². The van der Waals surface area contributed by atoms with Crippen LogP contribution >= 0.6 is 43.5 Å². The molecule has 2 aromatic rings. The van der Waals surface area contributed by atoms with Crippen LogP contribution in [0.1, 0.15) is 15.9 Å². The number of benzene rings is 2. The van der Waals surface area contributed by atoms with E-state index in [4.69, 9.17) is 11.6 Å². The molecule has 30 heavy (non-hydrogen) atoms. The molecule has 1 amide bonds. The highest BCUT2D eigenvalue weighted by Gasteiger charge is 2.73. The number of carbonyl (C=O) groups excluding carboxylic acids is 1.